The van der Waals surface area contributed by atoms with Crippen LogP contribution in [0.4, 0.5) is 0 Å². The van der Waals surface area contributed by atoms with Gasteiger partial charge in [0.25, 0.3) is 0 Å². The number of hydrogen-bond donors (Lipinski definition) is 1. The van der Waals surface area contributed by atoms with Gasteiger partial charge in [-0.2, -0.15) is 0 Å². The highest BCUT2D eigenvalue weighted by Crippen LogP contribution is 2.40. The fourth-order valence-electron chi connectivity index (χ4n) is 3.10. The van der Waals surface area contributed by atoms with E-state index in [2.05, 4.69) is 29.4 Å². The minimum Gasteiger partial charge on any atom is -0.378 e. The molecule has 2 aliphatic heterocycles. The molecule has 3 atom stereocenters. The Balaban J connectivity index is 1.66. The van der Waals surface area contributed by atoms with Crippen molar-refractivity contribution in [2.75, 3.05) is 6.61 Å². The fourth-order valence-corrected chi connectivity index (χ4v) is 3.10. The van der Waals surface area contributed by atoms with Gasteiger partial charge in [0.2, 0.25) is 0 Å². The molecule has 0 radical (unpaired) electrons. The van der Waals surface area contributed by atoms with Crippen LogP contribution < -0.4 is 0 Å². The summed E-state index contributed by atoms with van der Waals surface area (Å²) in [4.78, 5) is 0. The topological polar surface area (TPSA) is 69.4 Å². The molecule has 2 fully saturated rings. The van der Waals surface area contributed by atoms with Gasteiger partial charge in [-0.05, 0) is 37.0 Å². The Labute approximate surface area is 128 Å². The maximum Gasteiger partial charge on any atom is 0.192 e. The van der Waals surface area contributed by atoms with E-state index < -0.39 is 11.9 Å². The van der Waals surface area contributed by atoms with Gasteiger partial charge in [-0.15, -0.1) is 5.10 Å². The summed E-state index contributed by atoms with van der Waals surface area (Å²) in [6.45, 7) is 2.65. The summed E-state index contributed by atoms with van der Waals surface area (Å²) in [6, 6.07) is 8.12. The van der Waals surface area contributed by atoms with E-state index in [0.717, 1.165) is 18.5 Å². The third-order valence-corrected chi connectivity index (χ3v) is 4.51. The van der Waals surface area contributed by atoms with E-state index in [1.165, 1.54) is 5.56 Å². The second kappa shape index (κ2) is 5.15. The first-order valence-electron chi connectivity index (χ1n) is 7.70. The van der Waals surface area contributed by atoms with Gasteiger partial charge in [0, 0.05) is 0 Å². The average Bonchev–Trinajstić information content (AvgIpc) is 3.20. The van der Waals surface area contributed by atoms with Crippen molar-refractivity contribution < 1.29 is 14.6 Å². The van der Waals surface area contributed by atoms with Crippen LogP contribution in [0.2, 0.25) is 0 Å². The van der Waals surface area contributed by atoms with Crippen LogP contribution in [-0.4, -0.2) is 39.1 Å². The molecule has 6 heteroatoms. The Morgan fingerprint density at radius 2 is 2.36 bits per heavy atom. The zero-order valence-corrected chi connectivity index (χ0v) is 12.5. The Hall–Kier alpha value is -1.76. The summed E-state index contributed by atoms with van der Waals surface area (Å²) in [6.07, 6.45) is 3.53. The molecule has 1 N–H and O–H groups in total. The first-order chi connectivity index (χ1) is 10.7. The number of nitrogens with zero attached hydrogens (tertiary/aromatic N) is 3. The van der Waals surface area contributed by atoms with Crippen molar-refractivity contribution in [1.82, 2.24) is 15.0 Å². The molecule has 2 aliphatic rings. The highest BCUT2D eigenvalue weighted by Gasteiger charge is 2.51. The van der Waals surface area contributed by atoms with Crippen LogP contribution in [0.5, 0.6) is 0 Å². The van der Waals surface area contributed by atoms with Gasteiger partial charge in [-0.1, -0.05) is 24.3 Å². The summed E-state index contributed by atoms with van der Waals surface area (Å²) in [5.74, 6) is 0. The van der Waals surface area contributed by atoms with Crippen LogP contribution in [0.3, 0.4) is 0 Å². The molecule has 4 rings (SSSR count). The SMILES string of the molecule is CCc1cccc(-n2cc(C3(O)CC[C@H]4CO[C@@H]3O4)nn2)c1. The molecule has 22 heavy (non-hydrogen) atoms. The molecule has 116 valence electrons. The van der Waals surface area contributed by atoms with Crippen molar-refractivity contribution in [2.24, 2.45) is 0 Å². The first-order valence-corrected chi connectivity index (χ1v) is 7.70. The monoisotopic (exact) mass is 301 g/mol. The number of aromatic nitrogens is 3. The first kappa shape index (κ1) is 13.9. The predicted octanol–water partition coefficient (Wildman–Crippen LogP) is 1.55. The van der Waals surface area contributed by atoms with Gasteiger partial charge in [0.15, 0.2) is 11.9 Å². The summed E-state index contributed by atoms with van der Waals surface area (Å²) < 4.78 is 12.9. The number of fused-ring (bicyclic) bond motifs is 2. The Morgan fingerprint density at radius 1 is 1.45 bits per heavy atom. The lowest BCUT2D eigenvalue weighted by Crippen LogP contribution is -2.44. The van der Waals surface area contributed by atoms with Crippen LogP contribution in [0.15, 0.2) is 30.5 Å². The zero-order valence-electron chi connectivity index (χ0n) is 12.5. The van der Waals surface area contributed by atoms with Crippen molar-refractivity contribution in [2.45, 2.75) is 44.2 Å². The molecular formula is C16H19N3O3. The number of aliphatic hydroxyl groups is 1. The summed E-state index contributed by atoms with van der Waals surface area (Å²) in [7, 11) is 0. The Kier molecular flexibility index (Phi) is 3.25. The number of hydrogen-bond acceptors (Lipinski definition) is 5. The number of aryl methyl sites for hydroxylation is 1. The van der Waals surface area contributed by atoms with Crippen LogP contribution in [0.1, 0.15) is 31.0 Å². The third kappa shape index (κ3) is 2.15. The minimum absolute atomic E-state index is 0.0987. The van der Waals surface area contributed by atoms with Crippen LogP contribution in [0, 0.1) is 0 Å². The number of benzene rings is 1. The molecule has 0 spiro atoms. The average molecular weight is 301 g/mol. The molecular weight excluding hydrogens is 282 g/mol. The standard InChI is InChI=1S/C16H19N3O3/c1-2-11-4-3-5-12(8-11)19-9-14(17-18-19)16(20)7-6-13-10-21-15(16)22-13/h3-5,8-9,13,15,20H,2,6-7,10H2,1H3/t13-,15+,16?/m0/s1. The highest BCUT2D eigenvalue weighted by molar-refractivity contribution is 5.35. The molecule has 0 amide bonds. The predicted molar refractivity (Wildman–Crippen MR) is 78.5 cm³/mol. The van der Waals surface area contributed by atoms with E-state index in [9.17, 15) is 5.11 Å². The lowest BCUT2D eigenvalue weighted by atomic mass is 9.90. The van der Waals surface area contributed by atoms with Gasteiger partial charge in [0.05, 0.1) is 24.6 Å². The smallest absolute Gasteiger partial charge is 0.192 e. The van der Waals surface area contributed by atoms with E-state index in [4.69, 9.17) is 9.47 Å². The normalized spacial score (nSPS) is 30.6. The lowest BCUT2D eigenvalue weighted by molar-refractivity contribution is -0.219. The molecule has 2 aromatic rings. The van der Waals surface area contributed by atoms with Crippen molar-refractivity contribution in [1.29, 1.82) is 0 Å². The quantitative estimate of drug-likeness (QED) is 0.931. The summed E-state index contributed by atoms with van der Waals surface area (Å²) >= 11 is 0. The van der Waals surface area contributed by atoms with Crippen molar-refractivity contribution in [3.8, 4) is 5.69 Å². The zero-order chi connectivity index (χ0) is 15.2. The van der Waals surface area contributed by atoms with E-state index >= 15 is 0 Å². The fraction of sp³-hybridized carbons (Fsp3) is 0.500. The van der Waals surface area contributed by atoms with E-state index in [0.29, 0.717) is 18.7 Å². The summed E-state index contributed by atoms with van der Waals surface area (Å²) in [5.41, 5.74) is 1.45. The molecule has 2 saturated heterocycles. The van der Waals surface area contributed by atoms with Gasteiger partial charge in [0.1, 0.15) is 5.69 Å². The molecule has 3 heterocycles. The van der Waals surface area contributed by atoms with Crippen LogP contribution in [0.25, 0.3) is 5.69 Å². The molecule has 0 saturated carbocycles. The molecule has 6 nitrogen and oxygen atoms in total. The number of ether oxygens (including phenoxy) is 2. The lowest BCUT2D eigenvalue weighted by Gasteiger charge is -2.34. The van der Waals surface area contributed by atoms with Gasteiger partial charge < -0.3 is 14.6 Å². The van der Waals surface area contributed by atoms with E-state index in [-0.39, 0.29) is 6.10 Å². The van der Waals surface area contributed by atoms with Crippen molar-refractivity contribution in [3.05, 3.63) is 41.7 Å². The highest BCUT2D eigenvalue weighted by atomic mass is 16.7. The van der Waals surface area contributed by atoms with Crippen LogP contribution >= 0.6 is 0 Å². The second-order valence-electron chi connectivity index (χ2n) is 5.96. The molecule has 0 aliphatic carbocycles. The molecule has 1 aromatic heterocycles. The second-order valence-corrected chi connectivity index (χ2v) is 5.96. The third-order valence-electron chi connectivity index (χ3n) is 4.51. The van der Waals surface area contributed by atoms with Gasteiger partial charge in [-0.25, -0.2) is 4.68 Å². The van der Waals surface area contributed by atoms with E-state index in [1.54, 1.807) is 10.9 Å². The summed E-state index contributed by atoms with van der Waals surface area (Å²) in [5, 5.41) is 19.2. The molecule has 1 aromatic carbocycles. The van der Waals surface area contributed by atoms with Gasteiger partial charge >= 0.3 is 0 Å². The Morgan fingerprint density at radius 3 is 3.23 bits per heavy atom. The van der Waals surface area contributed by atoms with Crippen molar-refractivity contribution in [3.63, 3.8) is 0 Å². The Bertz CT molecular complexity index is 687. The maximum atomic E-state index is 10.9. The molecule has 1 unspecified atom stereocenters. The van der Waals surface area contributed by atoms with Gasteiger partial charge in [-0.3, -0.25) is 0 Å². The van der Waals surface area contributed by atoms with Crippen LogP contribution in [-0.2, 0) is 21.5 Å². The van der Waals surface area contributed by atoms with E-state index in [1.807, 2.05) is 12.1 Å². The minimum atomic E-state index is -1.21. The largest absolute Gasteiger partial charge is 0.378 e. The number of rotatable bonds is 3. The van der Waals surface area contributed by atoms with Crippen molar-refractivity contribution >= 4 is 0 Å². The molecule has 2 bridgehead atoms. The maximum absolute atomic E-state index is 10.9.